The Morgan fingerprint density at radius 2 is 2.21 bits per heavy atom. The molecule has 0 fully saturated rings. The molecule has 0 aliphatic rings. The van der Waals surface area contributed by atoms with Crippen molar-refractivity contribution in [2.24, 2.45) is 0 Å². The minimum absolute atomic E-state index is 0.361. The predicted molar refractivity (Wildman–Crippen MR) is 52.2 cm³/mol. The number of aryl methyl sites for hydroxylation is 1. The molecule has 4 nitrogen and oxygen atoms in total. The summed E-state index contributed by atoms with van der Waals surface area (Å²) >= 11 is 0. The maximum absolute atomic E-state index is 11.3. The third-order valence-electron chi connectivity index (χ3n) is 1.88. The number of methoxy groups -OCH3 is 1. The highest BCUT2D eigenvalue weighted by atomic mass is 16.5. The van der Waals surface area contributed by atoms with Gasteiger partial charge in [-0.15, -0.1) is 0 Å². The molecule has 1 aromatic carbocycles. The number of anilines is 1. The second-order valence-corrected chi connectivity index (χ2v) is 2.75. The molecule has 1 rings (SSSR count). The maximum atomic E-state index is 11.3. The molecule has 1 aromatic rings. The molecule has 14 heavy (non-hydrogen) atoms. The highest BCUT2D eigenvalue weighted by Crippen LogP contribution is 2.20. The van der Waals surface area contributed by atoms with Crippen LogP contribution in [-0.2, 0) is 9.53 Å². The smallest absolute Gasteiger partial charge is 0.339 e. The fourth-order valence-electron chi connectivity index (χ4n) is 1.20. The first-order chi connectivity index (χ1) is 6.70. The number of benzene rings is 1. The van der Waals surface area contributed by atoms with Gasteiger partial charge in [-0.25, -0.2) is 4.79 Å². The lowest BCUT2D eigenvalue weighted by molar-refractivity contribution is -0.105. The minimum atomic E-state index is -0.460. The Kier molecular flexibility index (Phi) is 3.23. The highest BCUT2D eigenvalue weighted by Gasteiger charge is 2.12. The van der Waals surface area contributed by atoms with Gasteiger partial charge >= 0.3 is 5.97 Å². The second-order valence-electron chi connectivity index (χ2n) is 2.75. The first-order valence-corrected chi connectivity index (χ1v) is 4.08. The molecular formula is C10H11NO3. The zero-order valence-electron chi connectivity index (χ0n) is 8.03. The summed E-state index contributed by atoms with van der Waals surface area (Å²) in [6.45, 7) is 1.80. The summed E-state index contributed by atoms with van der Waals surface area (Å²) in [4.78, 5) is 21.6. The van der Waals surface area contributed by atoms with Crippen LogP contribution in [0.5, 0.6) is 0 Å². The SMILES string of the molecule is COC(=O)c1cccc(C)c1NC=O. The van der Waals surface area contributed by atoms with Crippen molar-refractivity contribution in [1.82, 2.24) is 0 Å². The molecule has 0 aliphatic heterocycles. The van der Waals surface area contributed by atoms with Crippen molar-refractivity contribution in [3.8, 4) is 0 Å². The summed E-state index contributed by atoms with van der Waals surface area (Å²) < 4.78 is 4.58. The lowest BCUT2D eigenvalue weighted by Gasteiger charge is -2.08. The molecule has 0 bridgehead atoms. The monoisotopic (exact) mass is 193 g/mol. The topological polar surface area (TPSA) is 55.4 Å². The van der Waals surface area contributed by atoms with E-state index < -0.39 is 5.97 Å². The molecule has 0 atom stereocenters. The van der Waals surface area contributed by atoms with Crippen molar-refractivity contribution in [2.75, 3.05) is 12.4 Å². The van der Waals surface area contributed by atoms with E-state index in [1.807, 2.05) is 0 Å². The van der Waals surface area contributed by atoms with Crippen molar-refractivity contribution in [3.05, 3.63) is 29.3 Å². The molecule has 0 aliphatic carbocycles. The minimum Gasteiger partial charge on any atom is -0.465 e. The molecule has 1 amide bonds. The Labute approximate surface area is 81.9 Å². The number of nitrogens with one attached hydrogen (secondary N) is 1. The lowest BCUT2D eigenvalue weighted by Crippen LogP contribution is -2.08. The summed E-state index contributed by atoms with van der Waals surface area (Å²) in [6.07, 6.45) is 0.536. The summed E-state index contributed by atoms with van der Waals surface area (Å²) in [5.41, 5.74) is 1.67. The van der Waals surface area contributed by atoms with Gasteiger partial charge in [0.2, 0.25) is 6.41 Å². The number of ether oxygens (including phenoxy) is 1. The fourth-order valence-corrected chi connectivity index (χ4v) is 1.20. The molecule has 0 spiro atoms. The quantitative estimate of drug-likeness (QED) is 0.582. The second kappa shape index (κ2) is 4.41. The average molecular weight is 193 g/mol. The van der Waals surface area contributed by atoms with Crippen LogP contribution in [-0.4, -0.2) is 19.5 Å². The Balaban J connectivity index is 3.20. The molecular weight excluding hydrogens is 182 g/mol. The highest BCUT2D eigenvalue weighted by molar-refractivity contribution is 5.98. The first-order valence-electron chi connectivity index (χ1n) is 4.08. The average Bonchev–Trinajstić information content (AvgIpc) is 2.20. The normalized spacial score (nSPS) is 9.29. The fraction of sp³-hybridized carbons (Fsp3) is 0.200. The summed E-state index contributed by atoms with van der Waals surface area (Å²) in [5.74, 6) is -0.460. The van der Waals surface area contributed by atoms with Gasteiger partial charge in [0, 0.05) is 0 Å². The number of esters is 1. The molecule has 1 N–H and O–H groups in total. The van der Waals surface area contributed by atoms with Gasteiger partial charge in [-0.2, -0.15) is 0 Å². The Morgan fingerprint density at radius 3 is 2.79 bits per heavy atom. The van der Waals surface area contributed by atoms with Gasteiger partial charge < -0.3 is 10.1 Å². The maximum Gasteiger partial charge on any atom is 0.339 e. The predicted octanol–water partition coefficient (Wildman–Crippen LogP) is 1.35. The zero-order chi connectivity index (χ0) is 10.6. The molecule has 0 heterocycles. The van der Waals surface area contributed by atoms with E-state index in [4.69, 9.17) is 0 Å². The van der Waals surface area contributed by atoms with Crippen LogP contribution in [0.1, 0.15) is 15.9 Å². The van der Waals surface area contributed by atoms with Crippen LogP contribution < -0.4 is 5.32 Å². The standard InChI is InChI=1S/C10H11NO3/c1-7-4-3-5-8(10(13)14-2)9(7)11-6-12/h3-6H,1-2H3,(H,11,12). The first kappa shape index (κ1) is 10.2. The largest absolute Gasteiger partial charge is 0.465 e. The zero-order valence-corrected chi connectivity index (χ0v) is 8.03. The van der Waals surface area contributed by atoms with Gasteiger partial charge in [0.25, 0.3) is 0 Å². The number of hydrogen-bond acceptors (Lipinski definition) is 3. The number of para-hydroxylation sites is 1. The van der Waals surface area contributed by atoms with E-state index >= 15 is 0 Å². The van der Waals surface area contributed by atoms with Crippen LogP contribution in [0, 0.1) is 6.92 Å². The van der Waals surface area contributed by atoms with Gasteiger partial charge in [0.1, 0.15) is 0 Å². The van der Waals surface area contributed by atoms with Gasteiger partial charge in [-0.05, 0) is 18.6 Å². The number of carbonyl (C=O) groups is 2. The van der Waals surface area contributed by atoms with Crippen LogP contribution in [0.4, 0.5) is 5.69 Å². The Hall–Kier alpha value is -1.84. The summed E-state index contributed by atoms with van der Waals surface area (Å²) in [6, 6.07) is 5.14. The number of hydrogen-bond donors (Lipinski definition) is 1. The van der Waals surface area contributed by atoms with Gasteiger partial charge in [0.15, 0.2) is 0 Å². The Morgan fingerprint density at radius 1 is 1.50 bits per heavy atom. The molecule has 0 aromatic heterocycles. The van der Waals surface area contributed by atoms with E-state index in [9.17, 15) is 9.59 Å². The van der Waals surface area contributed by atoms with E-state index in [0.717, 1.165) is 5.56 Å². The van der Waals surface area contributed by atoms with E-state index in [0.29, 0.717) is 17.7 Å². The lowest BCUT2D eigenvalue weighted by atomic mass is 10.1. The number of amides is 1. The van der Waals surface area contributed by atoms with Crippen LogP contribution in [0.25, 0.3) is 0 Å². The van der Waals surface area contributed by atoms with Crippen molar-refractivity contribution in [3.63, 3.8) is 0 Å². The van der Waals surface area contributed by atoms with Gasteiger partial charge in [-0.3, -0.25) is 4.79 Å². The third kappa shape index (κ3) is 1.90. The van der Waals surface area contributed by atoms with Gasteiger partial charge in [-0.1, -0.05) is 12.1 Å². The Bertz CT molecular complexity index is 360. The van der Waals surface area contributed by atoms with Crippen LogP contribution >= 0.6 is 0 Å². The van der Waals surface area contributed by atoms with Crippen molar-refractivity contribution >= 4 is 18.1 Å². The molecule has 0 saturated carbocycles. The van der Waals surface area contributed by atoms with E-state index in [2.05, 4.69) is 10.1 Å². The molecule has 4 heteroatoms. The van der Waals surface area contributed by atoms with Crippen molar-refractivity contribution in [1.29, 1.82) is 0 Å². The van der Waals surface area contributed by atoms with E-state index in [1.165, 1.54) is 7.11 Å². The third-order valence-corrected chi connectivity index (χ3v) is 1.88. The van der Waals surface area contributed by atoms with Crippen LogP contribution in [0.2, 0.25) is 0 Å². The number of carbonyl (C=O) groups excluding carboxylic acids is 2. The van der Waals surface area contributed by atoms with Crippen LogP contribution in [0.3, 0.4) is 0 Å². The van der Waals surface area contributed by atoms with Crippen molar-refractivity contribution < 1.29 is 14.3 Å². The van der Waals surface area contributed by atoms with E-state index in [-0.39, 0.29) is 0 Å². The van der Waals surface area contributed by atoms with Crippen molar-refractivity contribution in [2.45, 2.75) is 6.92 Å². The number of rotatable bonds is 3. The molecule has 0 unspecified atom stereocenters. The molecule has 0 saturated heterocycles. The van der Waals surface area contributed by atoms with Crippen LogP contribution in [0.15, 0.2) is 18.2 Å². The molecule has 74 valence electrons. The molecule has 0 radical (unpaired) electrons. The van der Waals surface area contributed by atoms with E-state index in [1.54, 1.807) is 25.1 Å². The summed E-state index contributed by atoms with van der Waals surface area (Å²) in [5, 5.41) is 2.48. The van der Waals surface area contributed by atoms with Gasteiger partial charge in [0.05, 0.1) is 18.4 Å². The summed E-state index contributed by atoms with van der Waals surface area (Å²) in [7, 11) is 1.30.